The van der Waals surface area contributed by atoms with E-state index in [0.29, 0.717) is 16.3 Å². The first kappa shape index (κ1) is 16.3. The van der Waals surface area contributed by atoms with Crippen LogP contribution in [-0.4, -0.2) is 31.8 Å². The van der Waals surface area contributed by atoms with Crippen LogP contribution in [0.5, 0.6) is 0 Å². The number of rotatable bonds is 6. The van der Waals surface area contributed by atoms with Gasteiger partial charge in [-0.15, -0.1) is 0 Å². The van der Waals surface area contributed by atoms with E-state index in [0.717, 1.165) is 0 Å². The van der Waals surface area contributed by atoms with Crippen LogP contribution in [0.25, 0.3) is 0 Å². The fraction of sp³-hybridized carbons (Fsp3) is 0.231. The second kappa shape index (κ2) is 6.80. The summed E-state index contributed by atoms with van der Waals surface area (Å²) < 4.78 is 30.7. The second-order valence-corrected chi connectivity index (χ2v) is 6.79. The molecule has 0 atom stereocenters. The molecular weight excluding hydrogens is 330 g/mol. The highest BCUT2D eigenvalue weighted by Gasteiger charge is 2.14. The molecule has 0 aliphatic rings. The minimum atomic E-state index is -3.62. The Hall–Kier alpha value is -2.06. The number of benzene rings is 1. The van der Waals surface area contributed by atoms with E-state index in [4.69, 9.17) is 16.1 Å². The van der Waals surface area contributed by atoms with Crippen molar-refractivity contribution in [3.05, 3.63) is 46.7 Å². The molecule has 9 heteroatoms. The Morgan fingerprint density at radius 1 is 1.36 bits per heavy atom. The summed E-state index contributed by atoms with van der Waals surface area (Å²) in [6.07, 6.45) is 0. The lowest BCUT2D eigenvalue weighted by molar-refractivity contribution is 0.0956. The zero-order valence-electron chi connectivity index (χ0n) is 11.7. The van der Waals surface area contributed by atoms with Gasteiger partial charge in [-0.3, -0.25) is 9.52 Å². The Balaban J connectivity index is 1.86. The molecule has 2 N–H and O–H groups in total. The maximum absolute atomic E-state index is 11.8. The van der Waals surface area contributed by atoms with Crippen molar-refractivity contribution in [1.82, 2.24) is 10.5 Å². The molecule has 2 rings (SSSR count). The van der Waals surface area contributed by atoms with Gasteiger partial charge in [0, 0.05) is 23.2 Å². The lowest BCUT2D eigenvalue weighted by Gasteiger charge is -2.07. The van der Waals surface area contributed by atoms with Gasteiger partial charge in [0.25, 0.3) is 5.91 Å². The Morgan fingerprint density at radius 2 is 2.14 bits per heavy atom. The van der Waals surface area contributed by atoms with Gasteiger partial charge in [-0.25, -0.2) is 8.42 Å². The van der Waals surface area contributed by atoms with E-state index >= 15 is 0 Å². The Morgan fingerprint density at radius 3 is 2.77 bits per heavy atom. The third-order valence-electron chi connectivity index (χ3n) is 2.63. The third-order valence-corrected chi connectivity index (χ3v) is 4.13. The summed E-state index contributed by atoms with van der Waals surface area (Å²) in [5, 5.41) is 6.48. The molecule has 118 valence electrons. The molecule has 1 aromatic carbocycles. The van der Waals surface area contributed by atoms with Gasteiger partial charge >= 0.3 is 0 Å². The number of aryl methyl sites for hydroxylation is 1. The number of hydrogen-bond acceptors (Lipinski definition) is 5. The van der Waals surface area contributed by atoms with Crippen LogP contribution in [0.1, 0.15) is 16.1 Å². The number of aromatic nitrogens is 1. The van der Waals surface area contributed by atoms with Gasteiger partial charge in [0.1, 0.15) is 5.76 Å². The molecule has 7 nitrogen and oxygen atoms in total. The number of nitrogens with one attached hydrogen (secondary N) is 2. The van der Waals surface area contributed by atoms with Crippen molar-refractivity contribution in [3.63, 3.8) is 0 Å². The summed E-state index contributed by atoms with van der Waals surface area (Å²) in [6, 6.07) is 7.84. The van der Waals surface area contributed by atoms with Gasteiger partial charge in [0.15, 0.2) is 5.82 Å². The molecule has 22 heavy (non-hydrogen) atoms. The maximum Gasteiger partial charge on any atom is 0.251 e. The first-order valence-corrected chi connectivity index (χ1v) is 8.36. The molecule has 1 heterocycles. The molecule has 0 bridgehead atoms. The number of halogens is 1. The zero-order chi connectivity index (χ0) is 16.2. The Labute approximate surface area is 132 Å². The van der Waals surface area contributed by atoms with Crippen LogP contribution >= 0.6 is 11.6 Å². The molecule has 0 fully saturated rings. The number of nitrogens with zero attached hydrogens (tertiary/aromatic N) is 1. The van der Waals surface area contributed by atoms with Crippen LogP contribution in [0.15, 0.2) is 34.9 Å². The summed E-state index contributed by atoms with van der Waals surface area (Å²) >= 11 is 5.79. The molecule has 1 amide bonds. The van der Waals surface area contributed by atoms with Crippen molar-refractivity contribution < 1.29 is 17.7 Å². The van der Waals surface area contributed by atoms with Crippen LogP contribution in [0, 0.1) is 6.92 Å². The zero-order valence-corrected chi connectivity index (χ0v) is 13.2. The highest BCUT2D eigenvalue weighted by atomic mass is 35.5. The summed E-state index contributed by atoms with van der Waals surface area (Å²) in [5.41, 5.74) is 0.366. The number of sulfonamides is 1. The van der Waals surface area contributed by atoms with E-state index in [9.17, 15) is 13.2 Å². The van der Waals surface area contributed by atoms with Gasteiger partial charge in [0.2, 0.25) is 10.0 Å². The van der Waals surface area contributed by atoms with Gasteiger partial charge in [-0.2, -0.15) is 0 Å². The fourth-order valence-corrected chi connectivity index (χ4v) is 2.73. The molecule has 2 aromatic rings. The van der Waals surface area contributed by atoms with Gasteiger partial charge in [0.05, 0.1) is 5.75 Å². The quantitative estimate of drug-likeness (QED) is 0.832. The molecule has 0 saturated heterocycles. The van der Waals surface area contributed by atoms with Crippen molar-refractivity contribution in [2.45, 2.75) is 6.92 Å². The van der Waals surface area contributed by atoms with Gasteiger partial charge < -0.3 is 9.84 Å². The lowest BCUT2D eigenvalue weighted by atomic mass is 10.2. The van der Waals surface area contributed by atoms with Crippen LogP contribution in [-0.2, 0) is 10.0 Å². The topological polar surface area (TPSA) is 101 Å². The average molecular weight is 344 g/mol. The van der Waals surface area contributed by atoms with Crippen LogP contribution in [0.2, 0.25) is 5.02 Å². The average Bonchev–Trinajstić information content (AvgIpc) is 2.83. The normalized spacial score (nSPS) is 11.2. The summed E-state index contributed by atoms with van der Waals surface area (Å²) in [4.78, 5) is 11.8. The number of anilines is 1. The Kier molecular flexibility index (Phi) is 5.04. The summed E-state index contributed by atoms with van der Waals surface area (Å²) in [6.45, 7) is 1.60. The van der Waals surface area contributed by atoms with Crippen LogP contribution in [0.4, 0.5) is 5.82 Å². The molecule has 0 unspecified atom stereocenters. The molecule has 0 radical (unpaired) electrons. The number of hydrogen-bond donors (Lipinski definition) is 2. The van der Waals surface area contributed by atoms with E-state index in [-0.39, 0.29) is 18.1 Å². The molecular formula is C13H14ClN3O4S. The third kappa shape index (κ3) is 4.74. The standard InChI is InChI=1S/C13H14ClN3O4S/c1-9-7-12(16-21-9)17-22(19,20)6-5-15-13(18)10-3-2-4-11(14)8-10/h2-4,7-8H,5-6H2,1H3,(H,15,18)(H,16,17). The SMILES string of the molecule is Cc1cc(NS(=O)(=O)CCNC(=O)c2cccc(Cl)c2)no1. The van der Waals surface area contributed by atoms with E-state index in [1.807, 2.05) is 0 Å². The molecule has 0 saturated carbocycles. The van der Waals surface area contributed by atoms with Crippen LogP contribution < -0.4 is 10.0 Å². The maximum atomic E-state index is 11.8. The molecule has 0 spiro atoms. The smallest absolute Gasteiger partial charge is 0.251 e. The summed E-state index contributed by atoms with van der Waals surface area (Å²) in [7, 11) is -3.62. The first-order chi connectivity index (χ1) is 10.4. The van der Waals surface area contributed by atoms with Crippen LogP contribution in [0.3, 0.4) is 0 Å². The predicted molar refractivity (Wildman–Crippen MR) is 82.4 cm³/mol. The number of amides is 1. The molecule has 0 aliphatic carbocycles. The first-order valence-electron chi connectivity index (χ1n) is 6.33. The number of carbonyl (C=O) groups excluding carboxylic acids is 1. The summed E-state index contributed by atoms with van der Waals surface area (Å²) in [5.74, 6) is -0.0776. The van der Waals surface area contributed by atoms with E-state index in [1.165, 1.54) is 12.1 Å². The Bertz CT molecular complexity index is 773. The van der Waals surface area contributed by atoms with E-state index in [1.54, 1.807) is 25.1 Å². The lowest BCUT2D eigenvalue weighted by Crippen LogP contribution is -2.31. The van der Waals surface area contributed by atoms with E-state index < -0.39 is 15.9 Å². The minimum Gasteiger partial charge on any atom is -0.360 e. The highest BCUT2D eigenvalue weighted by Crippen LogP contribution is 2.11. The van der Waals surface area contributed by atoms with E-state index in [2.05, 4.69) is 15.2 Å². The highest BCUT2D eigenvalue weighted by molar-refractivity contribution is 7.92. The van der Waals surface area contributed by atoms with Crippen molar-refractivity contribution in [1.29, 1.82) is 0 Å². The predicted octanol–water partition coefficient (Wildman–Crippen LogP) is 1.81. The van der Waals surface area contributed by atoms with Gasteiger partial charge in [-0.1, -0.05) is 22.8 Å². The fourth-order valence-electron chi connectivity index (χ4n) is 1.66. The largest absolute Gasteiger partial charge is 0.360 e. The van der Waals surface area contributed by atoms with Crippen molar-refractivity contribution in [2.75, 3.05) is 17.0 Å². The van der Waals surface area contributed by atoms with Crippen molar-refractivity contribution >= 4 is 33.3 Å². The number of carbonyl (C=O) groups is 1. The minimum absolute atomic E-state index is 0.0441. The monoisotopic (exact) mass is 343 g/mol. The second-order valence-electron chi connectivity index (χ2n) is 4.51. The molecule has 1 aromatic heterocycles. The van der Waals surface area contributed by atoms with Crippen molar-refractivity contribution in [2.24, 2.45) is 0 Å². The molecule has 0 aliphatic heterocycles. The van der Waals surface area contributed by atoms with Crippen molar-refractivity contribution in [3.8, 4) is 0 Å². The van der Waals surface area contributed by atoms with Gasteiger partial charge in [-0.05, 0) is 25.1 Å².